The SMILES string of the molecule is CCc1ccnc(NC(=O)CN2C(=O)N(c3ncc(C(F)(F)F)cc3F)C[C@@H]2C(C)C)c1. The molecule has 1 atom stereocenters. The van der Waals surface area contributed by atoms with Gasteiger partial charge in [-0.2, -0.15) is 13.2 Å². The van der Waals surface area contributed by atoms with E-state index in [9.17, 15) is 27.2 Å². The Hall–Kier alpha value is -3.24. The molecule has 1 saturated heterocycles. The average molecular weight is 453 g/mol. The van der Waals surface area contributed by atoms with Crippen molar-refractivity contribution < 1.29 is 27.2 Å². The Morgan fingerprint density at radius 1 is 1.28 bits per heavy atom. The van der Waals surface area contributed by atoms with Crippen LogP contribution in [0.15, 0.2) is 30.6 Å². The number of alkyl halides is 3. The maximum atomic E-state index is 14.4. The van der Waals surface area contributed by atoms with E-state index in [1.54, 1.807) is 12.3 Å². The first-order valence-corrected chi connectivity index (χ1v) is 10.1. The van der Waals surface area contributed by atoms with E-state index in [0.717, 1.165) is 16.9 Å². The zero-order valence-electron chi connectivity index (χ0n) is 17.8. The van der Waals surface area contributed by atoms with Crippen LogP contribution in [0.4, 0.5) is 34.0 Å². The summed E-state index contributed by atoms with van der Waals surface area (Å²) in [5.74, 6) is -2.02. The van der Waals surface area contributed by atoms with Crippen LogP contribution in [0.2, 0.25) is 0 Å². The lowest BCUT2D eigenvalue weighted by Crippen LogP contribution is -2.43. The molecule has 1 N–H and O–H groups in total. The van der Waals surface area contributed by atoms with Gasteiger partial charge in [0.15, 0.2) is 11.6 Å². The number of carbonyl (C=O) groups is 2. The van der Waals surface area contributed by atoms with Crippen molar-refractivity contribution in [2.75, 3.05) is 23.3 Å². The minimum absolute atomic E-state index is 0.0113. The van der Waals surface area contributed by atoms with E-state index in [0.29, 0.717) is 18.1 Å². The Kier molecular flexibility index (Phi) is 6.65. The number of hydrogen-bond donors (Lipinski definition) is 1. The highest BCUT2D eigenvalue weighted by Crippen LogP contribution is 2.33. The summed E-state index contributed by atoms with van der Waals surface area (Å²) < 4.78 is 52.8. The molecule has 11 heteroatoms. The molecule has 0 spiro atoms. The molecular weight excluding hydrogens is 430 g/mol. The van der Waals surface area contributed by atoms with Crippen LogP contribution < -0.4 is 10.2 Å². The zero-order valence-corrected chi connectivity index (χ0v) is 17.8. The molecule has 1 fully saturated rings. The molecule has 0 aromatic carbocycles. The maximum absolute atomic E-state index is 14.4. The van der Waals surface area contributed by atoms with Crippen molar-refractivity contribution in [3.05, 3.63) is 47.5 Å². The van der Waals surface area contributed by atoms with E-state index in [1.807, 2.05) is 26.8 Å². The fourth-order valence-electron chi connectivity index (χ4n) is 3.48. The molecular formula is C21H23F4N5O2. The molecule has 0 saturated carbocycles. The molecule has 0 radical (unpaired) electrons. The fourth-order valence-corrected chi connectivity index (χ4v) is 3.48. The summed E-state index contributed by atoms with van der Waals surface area (Å²) in [7, 11) is 0. The van der Waals surface area contributed by atoms with Crippen molar-refractivity contribution in [2.45, 2.75) is 39.4 Å². The van der Waals surface area contributed by atoms with Crippen LogP contribution >= 0.6 is 0 Å². The van der Waals surface area contributed by atoms with Gasteiger partial charge in [-0.3, -0.25) is 9.69 Å². The summed E-state index contributed by atoms with van der Waals surface area (Å²) in [4.78, 5) is 35.4. The van der Waals surface area contributed by atoms with Crippen LogP contribution in [0.1, 0.15) is 31.9 Å². The van der Waals surface area contributed by atoms with E-state index in [-0.39, 0.29) is 19.0 Å². The van der Waals surface area contributed by atoms with E-state index in [2.05, 4.69) is 15.3 Å². The smallest absolute Gasteiger partial charge is 0.310 e. The largest absolute Gasteiger partial charge is 0.417 e. The van der Waals surface area contributed by atoms with Gasteiger partial charge in [0.25, 0.3) is 0 Å². The van der Waals surface area contributed by atoms with Gasteiger partial charge in [0.2, 0.25) is 5.91 Å². The van der Waals surface area contributed by atoms with Crippen molar-refractivity contribution in [3.8, 4) is 0 Å². The number of rotatable bonds is 6. The lowest BCUT2D eigenvalue weighted by atomic mass is 10.0. The van der Waals surface area contributed by atoms with Crippen LogP contribution in [-0.2, 0) is 17.4 Å². The number of carbonyl (C=O) groups excluding carboxylic acids is 2. The average Bonchev–Trinajstić information content (AvgIpc) is 3.03. The molecule has 2 aromatic heterocycles. The molecule has 172 valence electrons. The highest BCUT2D eigenvalue weighted by molar-refractivity contribution is 5.99. The summed E-state index contributed by atoms with van der Waals surface area (Å²) >= 11 is 0. The van der Waals surface area contributed by atoms with E-state index < -0.39 is 41.4 Å². The molecule has 0 aliphatic carbocycles. The first-order chi connectivity index (χ1) is 15.0. The van der Waals surface area contributed by atoms with Gasteiger partial charge in [-0.15, -0.1) is 0 Å². The summed E-state index contributed by atoms with van der Waals surface area (Å²) in [5.41, 5.74) is -0.272. The fraction of sp³-hybridized carbons (Fsp3) is 0.429. The first kappa shape index (κ1) is 23.4. The number of urea groups is 1. The number of nitrogens with zero attached hydrogens (tertiary/aromatic N) is 4. The standard InChI is InChI=1S/C21H23F4N5O2/c1-4-13-5-6-26-17(7-13)28-18(31)11-29-16(12(2)3)10-30(20(29)32)19-15(22)8-14(9-27-19)21(23,24)25/h5-9,12,16H,4,10-11H2,1-3H3,(H,26,28,31)/t16-/m1/s1. The summed E-state index contributed by atoms with van der Waals surface area (Å²) in [6, 6.07) is 2.67. The first-order valence-electron chi connectivity index (χ1n) is 10.1. The van der Waals surface area contributed by atoms with Gasteiger partial charge in [0.05, 0.1) is 18.2 Å². The van der Waals surface area contributed by atoms with E-state index >= 15 is 0 Å². The van der Waals surface area contributed by atoms with Crippen LogP contribution in [-0.4, -0.2) is 45.9 Å². The van der Waals surface area contributed by atoms with E-state index in [1.165, 1.54) is 4.90 Å². The maximum Gasteiger partial charge on any atom is 0.417 e. The van der Waals surface area contributed by atoms with Gasteiger partial charge in [-0.25, -0.2) is 19.2 Å². The Balaban J connectivity index is 1.79. The molecule has 0 bridgehead atoms. The molecule has 0 unspecified atom stereocenters. The van der Waals surface area contributed by atoms with Gasteiger partial charge in [-0.05, 0) is 36.1 Å². The Morgan fingerprint density at radius 2 is 2.00 bits per heavy atom. The van der Waals surface area contributed by atoms with Gasteiger partial charge >= 0.3 is 12.2 Å². The number of anilines is 2. The number of nitrogens with one attached hydrogen (secondary N) is 1. The lowest BCUT2D eigenvalue weighted by Gasteiger charge is -2.25. The Morgan fingerprint density at radius 3 is 2.59 bits per heavy atom. The van der Waals surface area contributed by atoms with Gasteiger partial charge in [-0.1, -0.05) is 20.8 Å². The van der Waals surface area contributed by atoms with Gasteiger partial charge in [0.1, 0.15) is 12.4 Å². The number of aromatic nitrogens is 2. The van der Waals surface area contributed by atoms with Crippen molar-refractivity contribution in [3.63, 3.8) is 0 Å². The molecule has 3 amide bonds. The monoisotopic (exact) mass is 453 g/mol. The topological polar surface area (TPSA) is 78.4 Å². The number of halogens is 4. The predicted octanol–water partition coefficient (Wildman–Crippen LogP) is 4.10. The number of aryl methyl sites for hydroxylation is 1. The molecule has 3 heterocycles. The highest BCUT2D eigenvalue weighted by atomic mass is 19.4. The number of hydrogen-bond acceptors (Lipinski definition) is 4. The minimum Gasteiger partial charge on any atom is -0.310 e. The molecule has 3 rings (SSSR count). The predicted molar refractivity (Wildman–Crippen MR) is 110 cm³/mol. The van der Waals surface area contributed by atoms with Crippen LogP contribution in [0.3, 0.4) is 0 Å². The molecule has 7 nitrogen and oxygen atoms in total. The third kappa shape index (κ3) is 4.97. The summed E-state index contributed by atoms with van der Waals surface area (Å²) in [5, 5.41) is 2.64. The van der Waals surface area contributed by atoms with Crippen molar-refractivity contribution >= 4 is 23.6 Å². The van der Waals surface area contributed by atoms with Crippen LogP contribution in [0, 0.1) is 11.7 Å². The summed E-state index contributed by atoms with van der Waals surface area (Å²) in [6.07, 6.45) is -1.95. The molecule has 32 heavy (non-hydrogen) atoms. The second-order valence-corrected chi connectivity index (χ2v) is 7.81. The van der Waals surface area contributed by atoms with Crippen molar-refractivity contribution in [2.24, 2.45) is 5.92 Å². The van der Waals surface area contributed by atoms with Crippen molar-refractivity contribution in [1.82, 2.24) is 14.9 Å². The molecule has 1 aliphatic heterocycles. The highest BCUT2D eigenvalue weighted by Gasteiger charge is 2.42. The minimum atomic E-state index is -4.75. The van der Waals surface area contributed by atoms with Gasteiger partial charge < -0.3 is 10.2 Å². The lowest BCUT2D eigenvalue weighted by molar-refractivity contribution is -0.138. The third-order valence-corrected chi connectivity index (χ3v) is 5.23. The second-order valence-electron chi connectivity index (χ2n) is 7.81. The normalized spacial score (nSPS) is 16.8. The quantitative estimate of drug-likeness (QED) is 0.668. The number of amides is 3. The Labute approximate surface area is 182 Å². The zero-order chi connectivity index (χ0) is 23.6. The second kappa shape index (κ2) is 9.09. The van der Waals surface area contributed by atoms with Gasteiger partial charge in [0, 0.05) is 12.4 Å². The van der Waals surface area contributed by atoms with Crippen LogP contribution in [0.5, 0.6) is 0 Å². The third-order valence-electron chi connectivity index (χ3n) is 5.23. The van der Waals surface area contributed by atoms with E-state index in [4.69, 9.17) is 0 Å². The number of pyridine rings is 2. The van der Waals surface area contributed by atoms with Crippen LogP contribution in [0.25, 0.3) is 0 Å². The molecule has 2 aromatic rings. The molecule has 1 aliphatic rings. The summed E-state index contributed by atoms with van der Waals surface area (Å²) in [6.45, 7) is 5.28. The van der Waals surface area contributed by atoms with Crippen molar-refractivity contribution in [1.29, 1.82) is 0 Å². The Bertz CT molecular complexity index is 1010.